The van der Waals surface area contributed by atoms with E-state index in [1.54, 1.807) is 6.92 Å². The Hall–Kier alpha value is -1.26. The van der Waals surface area contributed by atoms with E-state index in [-0.39, 0.29) is 0 Å². The summed E-state index contributed by atoms with van der Waals surface area (Å²) in [6.45, 7) is 12.5. The number of hydrogen-bond donors (Lipinski definition) is 3. The van der Waals surface area contributed by atoms with E-state index in [1.807, 2.05) is 6.92 Å². The second-order valence-electron chi connectivity index (χ2n) is 6.37. The summed E-state index contributed by atoms with van der Waals surface area (Å²) >= 11 is 0. The molecule has 0 aromatic rings. The summed E-state index contributed by atoms with van der Waals surface area (Å²) < 4.78 is 0. The summed E-state index contributed by atoms with van der Waals surface area (Å²) in [5.74, 6) is 0.315. The van der Waals surface area contributed by atoms with Crippen molar-refractivity contribution in [2.24, 2.45) is 17.8 Å². The van der Waals surface area contributed by atoms with Crippen molar-refractivity contribution in [2.45, 2.75) is 59.9 Å². The van der Waals surface area contributed by atoms with Crippen LogP contribution in [-0.2, 0) is 4.79 Å². The molecular weight excluding hydrogens is 256 g/mol. The molecule has 0 rings (SSSR count). The molecule has 0 aliphatic carbocycles. The Morgan fingerprint density at radius 2 is 1.65 bits per heavy atom. The van der Waals surface area contributed by atoms with Gasteiger partial charge >= 0.3 is 12.0 Å². The van der Waals surface area contributed by atoms with Crippen molar-refractivity contribution in [1.29, 1.82) is 0 Å². The number of nitrogens with one attached hydrogen (secondary N) is 2. The molecule has 0 heterocycles. The maximum absolute atomic E-state index is 11.9. The van der Waals surface area contributed by atoms with Crippen LogP contribution in [0.5, 0.6) is 0 Å². The maximum Gasteiger partial charge on any atom is 0.329 e. The highest BCUT2D eigenvalue weighted by molar-refractivity contribution is 5.85. The SMILES string of the molecule is CCCC(C)(NC(=O)NCC(C(C)C)C(C)C)C(=O)O. The smallest absolute Gasteiger partial charge is 0.329 e. The molecule has 20 heavy (non-hydrogen) atoms. The van der Waals surface area contributed by atoms with Crippen molar-refractivity contribution in [3.63, 3.8) is 0 Å². The predicted octanol–water partition coefficient (Wildman–Crippen LogP) is 2.86. The zero-order valence-electron chi connectivity index (χ0n) is 13.6. The van der Waals surface area contributed by atoms with Gasteiger partial charge in [0.1, 0.15) is 5.54 Å². The summed E-state index contributed by atoms with van der Waals surface area (Å²) in [6, 6.07) is -0.408. The van der Waals surface area contributed by atoms with Crippen LogP contribution in [0.1, 0.15) is 54.4 Å². The van der Waals surface area contributed by atoms with Crippen molar-refractivity contribution in [3.05, 3.63) is 0 Å². The predicted molar refractivity (Wildman–Crippen MR) is 80.6 cm³/mol. The van der Waals surface area contributed by atoms with Gasteiger partial charge in [-0.2, -0.15) is 0 Å². The lowest BCUT2D eigenvalue weighted by atomic mass is 9.85. The lowest BCUT2D eigenvalue weighted by Gasteiger charge is -2.28. The van der Waals surface area contributed by atoms with Crippen molar-refractivity contribution in [2.75, 3.05) is 6.54 Å². The number of carbonyl (C=O) groups excluding carboxylic acids is 1. The highest BCUT2D eigenvalue weighted by atomic mass is 16.4. The minimum absolute atomic E-state index is 0.378. The fourth-order valence-electron chi connectivity index (χ4n) is 2.47. The summed E-state index contributed by atoms with van der Waals surface area (Å²) in [6.07, 6.45) is 1.11. The molecule has 118 valence electrons. The Balaban J connectivity index is 4.51. The van der Waals surface area contributed by atoms with Gasteiger partial charge in [-0.3, -0.25) is 0 Å². The largest absolute Gasteiger partial charge is 0.480 e. The molecule has 0 fully saturated rings. The van der Waals surface area contributed by atoms with Crippen molar-refractivity contribution >= 4 is 12.0 Å². The van der Waals surface area contributed by atoms with E-state index in [0.29, 0.717) is 37.1 Å². The van der Waals surface area contributed by atoms with Crippen LogP contribution in [0, 0.1) is 17.8 Å². The number of amides is 2. The lowest BCUT2D eigenvalue weighted by Crippen LogP contribution is -2.55. The molecule has 5 nitrogen and oxygen atoms in total. The van der Waals surface area contributed by atoms with E-state index in [9.17, 15) is 14.7 Å². The van der Waals surface area contributed by atoms with Gasteiger partial charge in [-0.15, -0.1) is 0 Å². The van der Waals surface area contributed by atoms with Gasteiger partial charge in [0.25, 0.3) is 0 Å². The minimum atomic E-state index is -1.20. The van der Waals surface area contributed by atoms with E-state index >= 15 is 0 Å². The van der Waals surface area contributed by atoms with E-state index in [2.05, 4.69) is 38.3 Å². The maximum atomic E-state index is 11.9. The number of carboxylic acid groups (broad SMARTS) is 1. The molecule has 1 atom stereocenters. The third-order valence-electron chi connectivity index (χ3n) is 3.82. The van der Waals surface area contributed by atoms with Gasteiger partial charge in [0.15, 0.2) is 0 Å². The molecular formula is C15H30N2O3. The van der Waals surface area contributed by atoms with Gasteiger partial charge in [0, 0.05) is 6.54 Å². The standard InChI is InChI=1S/C15H30N2O3/c1-7-8-15(6,13(18)19)17-14(20)16-9-12(10(2)3)11(4)5/h10-12H,7-9H2,1-6H3,(H,18,19)(H2,16,17,20). The van der Waals surface area contributed by atoms with Crippen molar-refractivity contribution in [3.8, 4) is 0 Å². The highest BCUT2D eigenvalue weighted by Gasteiger charge is 2.34. The first-order valence-corrected chi connectivity index (χ1v) is 7.43. The van der Waals surface area contributed by atoms with Gasteiger partial charge in [-0.25, -0.2) is 9.59 Å². The first-order chi connectivity index (χ1) is 9.14. The summed E-state index contributed by atoms with van der Waals surface area (Å²) in [5, 5.41) is 14.6. The zero-order valence-corrected chi connectivity index (χ0v) is 13.6. The molecule has 0 aromatic heterocycles. The van der Waals surface area contributed by atoms with Gasteiger partial charge in [0.2, 0.25) is 0 Å². The Morgan fingerprint density at radius 1 is 1.15 bits per heavy atom. The van der Waals surface area contributed by atoms with E-state index < -0.39 is 17.5 Å². The Kier molecular flexibility index (Phi) is 7.61. The minimum Gasteiger partial charge on any atom is -0.480 e. The topological polar surface area (TPSA) is 78.4 Å². The lowest BCUT2D eigenvalue weighted by molar-refractivity contribution is -0.144. The summed E-state index contributed by atoms with van der Waals surface area (Å²) in [7, 11) is 0. The van der Waals surface area contributed by atoms with Crippen LogP contribution in [0.15, 0.2) is 0 Å². The molecule has 0 saturated heterocycles. The second kappa shape index (κ2) is 8.12. The van der Waals surface area contributed by atoms with Crippen molar-refractivity contribution in [1.82, 2.24) is 10.6 Å². The first kappa shape index (κ1) is 18.7. The molecule has 0 spiro atoms. The molecule has 0 aromatic carbocycles. The van der Waals surface area contributed by atoms with E-state index in [0.717, 1.165) is 0 Å². The number of aliphatic carboxylic acids is 1. The van der Waals surface area contributed by atoms with Crippen LogP contribution in [-0.4, -0.2) is 29.2 Å². The van der Waals surface area contributed by atoms with Crippen molar-refractivity contribution < 1.29 is 14.7 Å². The third-order valence-corrected chi connectivity index (χ3v) is 3.82. The summed E-state index contributed by atoms with van der Waals surface area (Å²) in [5.41, 5.74) is -1.20. The molecule has 1 unspecified atom stereocenters. The van der Waals surface area contributed by atoms with Crippen LogP contribution < -0.4 is 10.6 Å². The molecule has 0 aliphatic rings. The van der Waals surface area contributed by atoms with E-state index in [4.69, 9.17) is 0 Å². The number of rotatable bonds is 8. The fourth-order valence-corrected chi connectivity index (χ4v) is 2.47. The number of urea groups is 1. The average Bonchev–Trinajstić information content (AvgIpc) is 2.27. The van der Waals surface area contributed by atoms with Gasteiger partial charge in [-0.1, -0.05) is 41.0 Å². The Labute approximate surface area is 122 Å². The van der Waals surface area contributed by atoms with Crippen LogP contribution in [0.2, 0.25) is 0 Å². The summed E-state index contributed by atoms with van der Waals surface area (Å²) in [4.78, 5) is 23.2. The quantitative estimate of drug-likeness (QED) is 0.642. The normalized spacial score (nSPS) is 14.4. The zero-order chi connectivity index (χ0) is 15.9. The van der Waals surface area contributed by atoms with Crippen LogP contribution in [0.4, 0.5) is 4.79 Å². The fraction of sp³-hybridized carbons (Fsp3) is 0.867. The third kappa shape index (κ3) is 5.80. The Morgan fingerprint density at radius 3 is 2.00 bits per heavy atom. The van der Waals surface area contributed by atoms with Gasteiger partial charge in [-0.05, 0) is 31.1 Å². The van der Waals surface area contributed by atoms with Gasteiger partial charge in [0.05, 0.1) is 0 Å². The van der Waals surface area contributed by atoms with E-state index in [1.165, 1.54) is 0 Å². The van der Waals surface area contributed by atoms with Crippen LogP contribution in [0.3, 0.4) is 0 Å². The molecule has 2 amide bonds. The van der Waals surface area contributed by atoms with Gasteiger partial charge < -0.3 is 15.7 Å². The monoisotopic (exact) mass is 286 g/mol. The second-order valence-corrected chi connectivity index (χ2v) is 6.37. The molecule has 0 aliphatic heterocycles. The Bertz CT molecular complexity index is 321. The first-order valence-electron chi connectivity index (χ1n) is 7.43. The molecule has 0 radical (unpaired) electrons. The molecule has 0 saturated carbocycles. The number of hydrogen-bond acceptors (Lipinski definition) is 2. The average molecular weight is 286 g/mol. The van der Waals surface area contributed by atoms with Crippen LogP contribution >= 0.6 is 0 Å². The molecule has 3 N–H and O–H groups in total. The number of carbonyl (C=O) groups is 2. The number of carboxylic acids is 1. The molecule has 5 heteroatoms. The molecule has 0 bridgehead atoms. The highest BCUT2D eigenvalue weighted by Crippen LogP contribution is 2.19. The van der Waals surface area contributed by atoms with Crippen LogP contribution in [0.25, 0.3) is 0 Å².